The molecule has 1 aliphatic rings. The highest BCUT2D eigenvalue weighted by molar-refractivity contribution is 7.90. The van der Waals surface area contributed by atoms with Gasteiger partial charge in [-0.2, -0.15) is 0 Å². The number of likely N-dealkylation sites (N-methyl/N-ethyl adjacent to an activating group) is 1. The van der Waals surface area contributed by atoms with E-state index in [2.05, 4.69) is 31.0 Å². The minimum Gasteiger partial charge on any atom is -0.380 e. The Morgan fingerprint density at radius 3 is 2.61 bits per heavy atom. The van der Waals surface area contributed by atoms with Gasteiger partial charge >= 0.3 is 0 Å². The van der Waals surface area contributed by atoms with Crippen LogP contribution >= 0.6 is 0 Å². The number of rotatable bonds is 2. The molecule has 0 bridgehead atoms. The van der Waals surface area contributed by atoms with Gasteiger partial charge in [-0.15, -0.1) is 0 Å². The first kappa shape index (κ1) is 13.2. The van der Waals surface area contributed by atoms with E-state index in [0.717, 1.165) is 24.5 Å². The van der Waals surface area contributed by atoms with E-state index in [4.69, 9.17) is 0 Å². The molecule has 0 atom stereocenters. The number of benzene rings is 1. The van der Waals surface area contributed by atoms with E-state index in [0.29, 0.717) is 4.90 Å². The Labute approximate surface area is 109 Å². The molecule has 100 valence electrons. The summed E-state index contributed by atoms with van der Waals surface area (Å²) in [5.74, 6) is 0. The zero-order valence-electron chi connectivity index (χ0n) is 11.3. The molecule has 2 rings (SSSR count). The standard InChI is InChI=1S/C13H20N2O2S/c1-5-15-10-7-6-8-11(18(4,16)17)12(10)14-9-13(15,2)3/h6-8,14H,5,9H2,1-4H3. The van der Waals surface area contributed by atoms with E-state index in [-0.39, 0.29) is 5.54 Å². The predicted octanol–water partition coefficient (Wildman–Crippen LogP) is 2.12. The van der Waals surface area contributed by atoms with Crippen LogP contribution in [-0.2, 0) is 9.84 Å². The van der Waals surface area contributed by atoms with Crippen molar-refractivity contribution in [3.8, 4) is 0 Å². The van der Waals surface area contributed by atoms with Crippen molar-refractivity contribution >= 4 is 21.2 Å². The first-order valence-corrected chi connectivity index (χ1v) is 8.01. The summed E-state index contributed by atoms with van der Waals surface area (Å²) in [7, 11) is -3.20. The Hall–Kier alpha value is -1.23. The van der Waals surface area contributed by atoms with Crippen LogP contribution in [-0.4, -0.2) is 33.3 Å². The van der Waals surface area contributed by atoms with Crippen LogP contribution in [0.25, 0.3) is 0 Å². The second kappa shape index (κ2) is 4.16. The molecule has 0 amide bonds. The molecule has 0 fully saturated rings. The fourth-order valence-electron chi connectivity index (χ4n) is 2.56. The summed E-state index contributed by atoms with van der Waals surface area (Å²) >= 11 is 0. The maximum Gasteiger partial charge on any atom is 0.177 e. The molecular formula is C13H20N2O2S. The van der Waals surface area contributed by atoms with Crippen LogP contribution in [0.4, 0.5) is 11.4 Å². The highest BCUT2D eigenvalue weighted by Crippen LogP contribution is 2.39. The summed E-state index contributed by atoms with van der Waals surface area (Å²) in [6.45, 7) is 7.98. The highest BCUT2D eigenvalue weighted by Gasteiger charge is 2.33. The number of hydrogen-bond donors (Lipinski definition) is 1. The largest absolute Gasteiger partial charge is 0.380 e. The van der Waals surface area contributed by atoms with Gasteiger partial charge in [-0.3, -0.25) is 0 Å². The molecule has 5 heteroatoms. The van der Waals surface area contributed by atoms with Crippen molar-refractivity contribution in [3.63, 3.8) is 0 Å². The summed E-state index contributed by atoms with van der Waals surface area (Å²) < 4.78 is 23.6. The fourth-order valence-corrected chi connectivity index (χ4v) is 3.43. The quantitative estimate of drug-likeness (QED) is 0.892. The third kappa shape index (κ3) is 2.07. The van der Waals surface area contributed by atoms with Crippen LogP contribution in [0.2, 0.25) is 0 Å². The molecule has 0 unspecified atom stereocenters. The van der Waals surface area contributed by atoms with Crippen LogP contribution in [0.1, 0.15) is 20.8 Å². The summed E-state index contributed by atoms with van der Waals surface area (Å²) in [5, 5.41) is 3.27. The number of hydrogen-bond acceptors (Lipinski definition) is 4. The lowest BCUT2D eigenvalue weighted by Crippen LogP contribution is -2.52. The second-order valence-electron chi connectivity index (χ2n) is 5.33. The smallest absolute Gasteiger partial charge is 0.177 e. The van der Waals surface area contributed by atoms with Gasteiger partial charge in [0.1, 0.15) is 0 Å². The first-order chi connectivity index (χ1) is 8.27. The topological polar surface area (TPSA) is 49.4 Å². The van der Waals surface area contributed by atoms with Crippen LogP contribution in [0.15, 0.2) is 23.1 Å². The Kier molecular flexibility index (Phi) is 3.05. The maximum atomic E-state index is 11.8. The van der Waals surface area contributed by atoms with Crippen LogP contribution in [0.5, 0.6) is 0 Å². The molecule has 0 radical (unpaired) electrons. The third-order valence-corrected chi connectivity index (χ3v) is 4.58. The van der Waals surface area contributed by atoms with Crippen molar-refractivity contribution in [2.24, 2.45) is 0 Å². The van der Waals surface area contributed by atoms with Crippen molar-refractivity contribution in [2.75, 3.05) is 29.6 Å². The molecule has 1 heterocycles. The number of nitrogens with zero attached hydrogens (tertiary/aromatic N) is 1. The molecule has 4 nitrogen and oxygen atoms in total. The number of para-hydroxylation sites is 1. The first-order valence-electron chi connectivity index (χ1n) is 6.12. The SMILES string of the molecule is CCN1c2cccc(S(C)(=O)=O)c2NCC1(C)C. The average Bonchev–Trinajstić information content (AvgIpc) is 2.26. The van der Waals surface area contributed by atoms with Crippen LogP contribution in [0.3, 0.4) is 0 Å². The molecule has 1 aromatic carbocycles. The summed E-state index contributed by atoms with van der Waals surface area (Å²) in [6.07, 6.45) is 1.25. The Morgan fingerprint density at radius 2 is 2.06 bits per heavy atom. The van der Waals surface area contributed by atoms with Crippen molar-refractivity contribution in [1.82, 2.24) is 0 Å². The lowest BCUT2D eigenvalue weighted by molar-refractivity contribution is 0.479. The molecule has 0 aliphatic carbocycles. The highest BCUT2D eigenvalue weighted by atomic mass is 32.2. The van der Waals surface area contributed by atoms with Gasteiger partial charge in [0.15, 0.2) is 9.84 Å². The summed E-state index contributed by atoms with van der Waals surface area (Å²) in [5.41, 5.74) is 1.69. The minimum atomic E-state index is -3.20. The predicted molar refractivity (Wildman–Crippen MR) is 75.1 cm³/mol. The number of fused-ring (bicyclic) bond motifs is 1. The van der Waals surface area contributed by atoms with Crippen LogP contribution in [0, 0.1) is 0 Å². The van der Waals surface area contributed by atoms with Gasteiger partial charge in [0.25, 0.3) is 0 Å². The summed E-state index contributed by atoms with van der Waals surface area (Å²) in [6, 6.07) is 5.44. The molecule has 1 N–H and O–H groups in total. The van der Waals surface area contributed by atoms with Crippen molar-refractivity contribution < 1.29 is 8.42 Å². The minimum absolute atomic E-state index is 0.0160. The van der Waals surface area contributed by atoms with Crippen molar-refractivity contribution in [2.45, 2.75) is 31.2 Å². The second-order valence-corrected chi connectivity index (χ2v) is 7.32. The van der Waals surface area contributed by atoms with E-state index in [1.165, 1.54) is 6.26 Å². The zero-order valence-corrected chi connectivity index (χ0v) is 12.1. The monoisotopic (exact) mass is 268 g/mol. The molecule has 1 aliphatic heterocycles. The average molecular weight is 268 g/mol. The summed E-state index contributed by atoms with van der Waals surface area (Å²) in [4.78, 5) is 2.63. The molecule has 1 aromatic rings. The third-order valence-electron chi connectivity index (χ3n) is 3.44. The van der Waals surface area contributed by atoms with E-state index in [9.17, 15) is 8.42 Å². The van der Waals surface area contributed by atoms with Gasteiger partial charge in [0, 0.05) is 19.3 Å². The van der Waals surface area contributed by atoms with E-state index >= 15 is 0 Å². The normalized spacial score (nSPS) is 18.1. The van der Waals surface area contributed by atoms with Gasteiger partial charge in [-0.05, 0) is 32.9 Å². The van der Waals surface area contributed by atoms with E-state index < -0.39 is 9.84 Å². The Bertz CT molecular complexity index is 564. The molecule has 0 saturated carbocycles. The lowest BCUT2D eigenvalue weighted by atomic mass is 9.97. The van der Waals surface area contributed by atoms with Gasteiger partial charge in [-0.1, -0.05) is 6.07 Å². The Balaban J connectivity index is 2.64. The van der Waals surface area contributed by atoms with E-state index in [1.54, 1.807) is 12.1 Å². The van der Waals surface area contributed by atoms with Gasteiger partial charge < -0.3 is 10.2 Å². The lowest BCUT2D eigenvalue weighted by Gasteiger charge is -2.45. The molecular weight excluding hydrogens is 248 g/mol. The molecule has 0 spiro atoms. The zero-order chi connectivity index (χ0) is 13.6. The number of anilines is 2. The maximum absolute atomic E-state index is 11.8. The van der Waals surface area contributed by atoms with Crippen molar-refractivity contribution in [1.29, 1.82) is 0 Å². The Morgan fingerprint density at radius 1 is 1.39 bits per heavy atom. The van der Waals surface area contributed by atoms with Gasteiger partial charge in [0.2, 0.25) is 0 Å². The molecule has 0 aromatic heterocycles. The number of nitrogens with one attached hydrogen (secondary N) is 1. The van der Waals surface area contributed by atoms with Crippen molar-refractivity contribution in [3.05, 3.63) is 18.2 Å². The number of sulfone groups is 1. The fraction of sp³-hybridized carbons (Fsp3) is 0.538. The van der Waals surface area contributed by atoms with Gasteiger partial charge in [-0.25, -0.2) is 8.42 Å². The molecule has 18 heavy (non-hydrogen) atoms. The van der Waals surface area contributed by atoms with Crippen LogP contribution < -0.4 is 10.2 Å². The van der Waals surface area contributed by atoms with Gasteiger partial charge in [0.05, 0.1) is 21.8 Å². The van der Waals surface area contributed by atoms with E-state index in [1.807, 2.05) is 6.07 Å². The molecule has 0 saturated heterocycles.